The molecule has 3 amide bonds. The Kier molecular flexibility index (Phi) is 11.3. The molecule has 0 aliphatic carbocycles. The minimum Gasteiger partial charge on any atom is -0.452 e. The Morgan fingerprint density at radius 2 is 1.73 bits per heavy atom. The number of hydrogen-bond acceptors (Lipinski definition) is 7. The zero-order valence-corrected chi connectivity index (χ0v) is 24.4. The molecular formula is C30H44N4O6. The highest BCUT2D eigenvalue weighted by molar-refractivity contribution is 5.91. The fourth-order valence-corrected chi connectivity index (χ4v) is 4.98. The maximum absolute atomic E-state index is 13.2. The number of fused-ring (bicyclic) bond motifs is 4. The third kappa shape index (κ3) is 8.14. The monoisotopic (exact) mass is 556 g/mol. The first-order chi connectivity index (χ1) is 19.0. The molecule has 1 saturated heterocycles. The van der Waals surface area contributed by atoms with E-state index in [4.69, 9.17) is 9.47 Å². The van der Waals surface area contributed by atoms with Crippen molar-refractivity contribution in [2.75, 3.05) is 13.7 Å². The van der Waals surface area contributed by atoms with Crippen molar-refractivity contribution in [3.63, 3.8) is 0 Å². The number of hydrazine groups is 1. The number of allylic oxidation sites excluding steroid dienone is 1. The summed E-state index contributed by atoms with van der Waals surface area (Å²) in [5.41, 5.74) is 4.99. The quantitative estimate of drug-likeness (QED) is 0.478. The molecule has 0 aromatic heterocycles. The van der Waals surface area contributed by atoms with Crippen LogP contribution in [0.15, 0.2) is 30.3 Å². The largest absolute Gasteiger partial charge is 0.452 e. The van der Waals surface area contributed by atoms with Crippen LogP contribution in [0, 0.1) is 11.8 Å². The Bertz CT molecular complexity index is 1090. The van der Waals surface area contributed by atoms with E-state index in [1.165, 1.54) is 5.01 Å². The molecule has 2 aliphatic heterocycles. The number of rotatable bonds is 2. The first kappa shape index (κ1) is 31.3. The van der Waals surface area contributed by atoms with Gasteiger partial charge in [-0.1, -0.05) is 44.2 Å². The summed E-state index contributed by atoms with van der Waals surface area (Å²) in [6, 6.07) is 6.23. The number of amides is 3. The highest BCUT2D eigenvalue weighted by Crippen LogP contribution is 2.20. The summed E-state index contributed by atoms with van der Waals surface area (Å²) < 4.78 is 11.3. The van der Waals surface area contributed by atoms with Crippen LogP contribution in [0.1, 0.15) is 77.5 Å². The normalized spacial score (nSPS) is 29.6. The Morgan fingerprint density at radius 3 is 2.42 bits per heavy atom. The molecule has 0 radical (unpaired) electrons. The summed E-state index contributed by atoms with van der Waals surface area (Å²) in [5.74, 6) is -2.55. The van der Waals surface area contributed by atoms with Gasteiger partial charge in [0.05, 0.1) is 18.1 Å². The Balaban J connectivity index is 1.87. The molecule has 0 spiro atoms. The summed E-state index contributed by atoms with van der Waals surface area (Å²) in [6.07, 6.45) is 5.05. The zero-order valence-electron chi connectivity index (χ0n) is 24.4. The fraction of sp³-hybridized carbons (Fsp3) is 0.600. The molecule has 1 aromatic rings. The summed E-state index contributed by atoms with van der Waals surface area (Å²) in [7, 11) is 1.56. The number of methoxy groups -OCH3 is 1. The van der Waals surface area contributed by atoms with Crippen molar-refractivity contribution < 1.29 is 28.7 Å². The number of benzene rings is 1. The molecule has 6 atom stereocenters. The van der Waals surface area contributed by atoms with Crippen LogP contribution in [0.5, 0.6) is 0 Å². The Hall–Kier alpha value is -3.24. The molecular weight excluding hydrogens is 512 g/mol. The lowest BCUT2D eigenvalue weighted by molar-refractivity contribution is -0.166. The van der Waals surface area contributed by atoms with Gasteiger partial charge >= 0.3 is 5.97 Å². The summed E-state index contributed by atoms with van der Waals surface area (Å²) >= 11 is 0. The van der Waals surface area contributed by atoms with Gasteiger partial charge in [0, 0.05) is 13.7 Å². The SMILES string of the molecule is COC1CCC=Cc2cccc(c2)C(C)NC(=O)C2CCCN(N2)C(=O)C(C)NC(=O)C(C(C)C)OC(=O)C1C. The zero-order chi connectivity index (χ0) is 29.4. The number of esters is 1. The predicted octanol–water partition coefficient (Wildman–Crippen LogP) is 2.89. The standard InChI is InChI=1S/C30H44N4O6/c1-18(2)26-28(36)32-21(5)29(37)34-16-10-14-24(33-34)27(35)31-20(4)23-13-9-12-22(17-23)11-7-8-15-25(39-6)19(3)30(38)40-26/h7,9,11-13,17-21,24-26,33H,8,10,14-16H2,1-6H3,(H,31,35)(H,32,36). The maximum Gasteiger partial charge on any atom is 0.312 e. The molecule has 2 aliphatic rings. The molecule has 220 valence electrons. The number of ether oxygens (including phenoxy) is 2. The third-order valence-corrected chi connectivity index (χ3v) is 7.53. The van der Waals surface area contributed by atoms with E-state index < -0.39 is 42.1 Å². The second-order valence-corrected chi connectivity index (χ2v) is 11.1. The molecule has 0 saturated carbocycles. The van der Waals surface area contributed by atoms with E-state index in [9.17, 15) is 19.2 Å². The second kappa shape index (κ2) is 14.4. The van der Waals surface area contributed by atoms with Crippen molar-refractivity contribution in [3.8, 4) is 0 Å². The van der Waals surface area contributed by atoms with Crippen LogP contribution in [0.2, 0.25) is 0 Å². The van der Waals surface area contributed by atoms with E-state index in [1.807, 2.05) is 43.3 Å². The predicted molar refractivity (Wildman–Crippen MR) is 151 cm³/mol. The minimum absolute atomic E-state index is 0.198. The smallest absolute Gasteiger partial charge is 0.312 e. The van der Waals surface area contributed by atoms with Gasteiger partial charge in [-0.2, -0.15) is 0 Å². The molecule has 10 nitrogen and oxygen atoms in total. The van der Waals surface area contributed by atoms with Gasteiger partial charge in [-0.05, 0) is 69.6 Å². The topological polar surface area (TPSA) is 126 Å². The highest BCUT2D eigenvalue weighted by atomic mass is 16.6. The molecule has 10 heteroatoms. The van der Waals surface area contributed by atoms with Crippen molar-refractivity contribution in [2.24, 2.45) is 11.8 Å². The fourth-order valence-electron chi connectivity index (χ4n) is 4.98. The van der Waals surface area contributed by atoms with Gasteiger partial charge in [0.2, 0.25) is 5.91 Å². The molecule has 4 bridgehead atoms. The summed E-state index contributed by atoms with van der Waals surface area (Å²) in [6.45, 7) is 9.21. The van der Waals surface area contributed by atoms with Crippen LogP contribution < -0.4 is 16.1 Å². The van der Waals surface area contributed by atoms with Gasteiger partial charge in [-0.15, -0.1) is 0 Å². The minimum atomic E-state index is -1.07. The van der Waals surface area contributed by atoms with E-state index in [1.54, 1.807) is 34.8 Å². The van der Waals surface area contributed by atoms with Gasteiger partial charge < -0.3 is 20.1 Å². The first-order valence-electron chi connectivity index (χ1n) is 14.2. The van der Waals surface area contributed by atoms with Crippen molar-refractivity contribution in [3.05, 3.63) is 41.5 Å². The van der Waals surface area contributed by atoms with Gasteiger partial charge in [0.25, 0.3) is 11.8 Å². The third-order valence-electron chi connectivity index (χ3n) is 7.53. The number of nitrogens with one attached hydrogen (secondary N) is 3. The number of cyclic esters (lactones) is 1. The number of carbonyl (C=O) groups excluding carboxylic acids is 4. The average molecular weight is 557 g/mol. The van der Waals surface area contributed by atoms with Crippen LogP contribution in [0.4, 0.5) is 0 Å². The van der Waals surface area contributed by atoms with Gasteiger partial charge in [0.15, 0.2) is 6.10 Å². The van der Waals surface area contributed by atoms with Crippen LogP contribution in [0.25, 0.3) is 6.08 Å². The van der Waals surface area contributed by atoms with E-state index >= 15 is 0 Å². The molecule has 1 fully saturated rings. The molecule has 3 N–H and O–H groups in total. The highest BCUT2D eigenvalue weighted by Gasteiger charge is 2.35. The molecule has 40 heavy (non-hydrogen) atoms. The van der Waals surface area contributed by atoms with Gasteiger partial charge in [0.1, 0.15) is 12.1 Å². The van der Waals surface area contributed by atoms with Crippen LogP contribution in [-0.4, -0.2) is 66.6 Å². The van der Waals surface area contributed by atoms with Crippen molar-refractivity contribution in [2.45, 2.75) is 90.6 Å². The lowest BCUT2D eigenvalue weighted by atomic mass is 9.99. The second-order valence-electron chi connectivity index (χ2n) is 11.1. The van der Waals surface area contributed by atoms with E-state index in [0.717, 1.165) is 11.1 Å². The van der Waals surface area contributed by atoms with Gasteiger partial charge in [-0.3, -0.25) is 24.2 Å². The number of nitrogens with zero attached hydrogens (tertiary/aromatic N) is 1. The molecule has 2 heterocycles. The van der Waals surface area contributed by atoms with Crippen LogP contribution >= 0.6 is 0 Å². The van der Waals surface area contributed by atoms with Crippen molar-refractivity contribution >= 4 is 29.8 Å². The van der Waals surface area contributed by atoms with Crippen molar-refractivity contribution in [1.82, 2.24) is 21.1 Å². The van der Waals surface area contributed by atoms with Crippen LogP contribution in [-0.2, 0) is 28.7 Å². The van der Waals surface area contributed by atoms with E-state index in [-0.39, 0.29) is 23.8 Å². The summed E-state index contributed by atoms with van der Waals surface area (Å²) in [4.78, 5) is 52.5. The first-order valence-corrected chi connectivity index (χ1v) is 14.2. The maximum atomic E-state index is 13.2. The van der Waals surface area contributed by atoms with Crippen molar-refractivity contribution in [1.29, 1.82) is 0 Å². The van der Waals surface area contributed by atoms with Gasteiger partial charge in [-0.25, -0.2) is 5.43 Å². The number of hydrogen-bond donors (Lipinski definition) is 3. The van der Waals surface area contributed by atoms with E-state index in [2.05, 4.69) is 16.1 Å². The molecule has 6 unspecified atom stereocenters. The van der Waals surface area contributed by atoms with E-state index in [0.29, 0.717) is 32.2 Å². The molecule has 3 rings (SSSR count). The average Bonchev–Trinajstić information content (AvgIpc) is 2.94. The molecule has 1 aromatic carbocycles. The Labute approximate surface area is 237 Å². The Morgan fingerprint density at radius 1 is 1.00 bits per heavy atom. The number of carbonyl (C=O) groups is 4. The lowest BCUT2D eigenvalue weighted by Gasteiger charge is -2.35. The van der Waals surface area contributed by atoms with Crippen LogP contribution in [0.3, 0.4) is 0 Å². The summed E-state index contributed by atoms with van der Waals surface area (Å²) in [5, 5.41) is 7.14. The lowest BCUT2D eigenvalue weighted by Crippen LogP contribution is -2.61.